The predicted molar refractivity (Wildman–Crippen MR) is 54.9 cm³/mol. The van der Waals surface area contributed by atoms with E-state index >= 15 is 0 Å². The van der Waals surface area contributed by atoms with Gasteiger partial charge in [-0.15, -0.1) is 4.13 Å². The molecule has 0 saturated carbocycles. The lowest BCUT2D eigenvalue weighted by atomic mass is 10.3. The van der Waals surface area contributed by atoms with E-state index in [1.54, 1.807) is 4.13 Å². The fourth-order valence-electron chi connectivity index (χ4n) is 1.71. The van der Waals surface area contributed by atoms with Gasteiger partial charge in [-0.2, -0.15) is 0 Å². The second-order valence-electron chi connectivity index (χ2n) is 3.53. The molecular weight excluding hydrogens is 270 g/mol. The van der Waals surface area contributed by atoms with Crippen LogP contribution in [0.3, 0.4) is 0 Å². The molecule has 0 amide bonds. The molecule has 0 atom stereocenters. The van der Waals surface area contributed by atoms with Gasteiger partial charge >= 0.3 is 0 Å². The molecule has 2 aliphatic rings. The Morgan fingerprint density at radius 3 is 1.71 bits per heavy atom. The topological polar surface area (TPSA) is 98.8 Å². The fraction of sp³-hybridized carbons (Fsp3) is 0.250. The Morgan fingerprint density at radius 2 is 1.29 bits per heavy atom. The van der Waals surface area contributed by atoms with Gasteiger partial charge in [0.2, 0.25) is 0 Å². The molecule has 0 aromatic heterocycles. The molecule has 92 valence electrons. The van der Waals surface area contributed by atoms with Gasteiger partial charge in [0.1, 0.15) is 23.0 Å². The Kier molecular flexibility index (Phi) is 1.98. The molecule has 0 spiro atoms. The minimum Gasteiger partial charge on any atom is -0.486 e. The lowest BCUT2D eigenvalue weighted by molar-refractivity contribution is 0.170. The van der Waals surface area contributed by atoms with Crippen LogP contribution in [0.2, 0.25) is 0 Å². The second kappa shape index (κ2) is 3.12. The quantitative estimate of drug-likeness (QED) is 0.682. The lowest BCUT2D eigenvalue weighted by Gasteiger charge is -2.18. The molecule has 0 aliphatic carbocycles. The van der Waals surface area contributed by atoms with Crippen molar-refractivity contribution in [2.24, 2.45) is 0 Å². The molecular formula is C8H7NO6S2. The molecule has 0 radical (unpaired) electrons. The van der Waals surface area contributed by atoms with Gasteiger partial charge in [-0.1, -0.05) is 0 Å². The zero-order chi connectivity index (χ0) is 12.3. The third-order valence-electron chi connectivity index (χ3n) is 2.41. The van der Waals surface area contributed by atoms with Crippen LogP contribution in [0.1, 0.15) is 0 Å². The minimum absolute atomic E-state index is 0.234. The van der Waals surface area contributed by atoms with Crippen molar-refractivity contribution in [2.45, 2.75) is 9.79 Å². The van der Waals surface area contributed by atoms with Gasteiger partial charge in [0.25, 0.3) is 20.0 Å². The zero-order valence-corrected chi connectivity index (χ0v) is 9.97. The number of benzene rings is 1. The molecule has 0 saturated heterocycles. The summed E-state index contributed by atoms with van der Waals surface area (Å²) in [6, 6.07) is 2.33. The summed E-state index contributed by atoms with van der Waals surface area (Å²) in [5.41, 5.74) is 0. The largest absolute Gasteiger partial charge is 0.486 e. The number of rotatable bonds is 0. The smallest absolute Gasteiger partial charge is 0.255 e. The van der Waals surface area contributed by atoms with Crippen LogP contribution in [0, 0.1) is 0 Å². The molecule has 0 fully saturated rings. The van der Waals surface area contributed by atoms with Crippen molar-refractivity contribution in [3.8, 4) is 11.5 Å². The molecule has 2 aliphatic heterocycles. The highest BCUT2D eigenvalue weighted by Gasteiger charge is 2.40. The maximum absolute atomic E-state index is 11.6. The number of nitrogens with one attached hydrogen (secondary N) is 1. The van der Waals surface area contributed by atoms with E-state index in [2.05, 4.69) is 0 Å². The summed E-state index contributed by atoms with van der Waals surface area (Å²) >= 11 is 0. The normalized spacial score (nSPS) is 23.1. The first-order chi connectivity index (χ1) is 7.90. The fourth-order valence-corrected chi connectivity index (χ4v) is 5.41. The highest BCUT2D eigenvalue weighted by Crippen LogP contribution is 2.39. The van der Waals surface area contributed by atoms with Crippen LogP contribution < -0.4 is 13.6 Å². The van der Waals surface area contributed by atoms with E-state index in [0.717, 1.165) is 12.1 Å². The Balaban J connectivity index is 2.36. The van der Waals surface area contributed by atoms with Crippen LogP contribution >= 0.6 is 0 Å². The van der Waals surface area contributed by atoms with Crippen LogP contribution in [-0.4, -0.2) is 30.0 Å². The monoisotopic (exact) mass is 277 g/mol. The predicted octanol–water partition coefficient (Wildman–Crippen LogP) is -0.562. The Hall–Kier alpha value is -1.32. The lowest BCUT2D eigenvalue weighted by Crippen LogP contribution is -2.21. The molecule has 0 bridgehead atoms. The summed E-state index contributed by atoms with van der Waals surface area (Å²) in [6.07, 6.45) is 0. The minimum atomic E-state index is -4.02. The van der Waals surface area contributed by atoms with Crippen LogP contribution in [0.15, 0.2) is 21.9 Å². The van der Waals surface area contributed by atoms with E-state index in [-0.39, 0.29) is 21.3 Å². The van der Waals surface area contributed by atoms with Gasteiger partial charge in [-0.25, -0.2) is 16.8 Å². The van der Waals surface area contributed by atoms with E-state index in [9.17, 15) is 16.8 Å². The van der Waals surface area contributed by atoms with Gasteiger partial charge in [-0.3, -0.25) is 0 Å². The summed E-state index contributed by atoms with van der Waals surface area (Å²) < 4.78 is 58.3. The number of fused-ring (bicyclic) bond motifs is 2. The summed E-state index contributed by atoms with van der Waals surface area (Å²) in [5.74, 6) is 0.468. The molecule has 3 rings (SSSR count). The highest BCUT2D eigenvalue weighted by atomic mass is 32.3. The standard InChI is InChI=1S/C8H7NO6S2/c10-16(11)7-3-5-6(15-2-1-14-5)4-8(7)17(12,13)9-16/h3-4,9H,1-2H2. The number of hydrogen-bond acceptors (Lipinski definition) is 6. The summed E-state index contributed by atoms with van der Waals surface area (Å²) in [4.78, 5) is -0.608. The third kappa shape index (κ3) is 1.50. The first-order valence-electron chi connectivity index (χ1n) is 4.62. The van der Waals surface area contributed by atoms with Gasteiger partial charge in [0.05, 0.1) is 0 Å². The van der Waals surface area contributed by atoms with Crippen molar-refractivity contribution in [3.63, 3.8) is 0 Å². The molecule has 0 unspecified atom stereocenters. The van der Waals surface area contributed by atoms with Crippen molar-refractivity contribution in [1.29, 1.82) is 0 Å². The van der Waals surface area contributed by atoms with E-state index < -0.39 is 20.0 Å². The second-order valence-corrected chi connectivity index (χ2v) is 7.09. The van der Waals surface area contributed by atoms with Crippen molar-refractivity contribution < 1.29 is 26.3 Å². The first-order valence-corrected chi connectivity index (χ1v) is 7.59. The van der Waals surface area contributed by atoms with Crippen molar-refractivity contribution in [3.05, 3.63) is 12.1 Å². The molecule has 2 heterocycles. The van der Waals surface area contributed by atoms with Crippen molar-refractivity contribution in [1.82, 2.24) is 4.13 Å². The van der Waals surface area contributed by atoms with E-state index in [0.29, 0.717) is 13.2 Å². The van der Waals surface area contributed by atoms with Crippen LogP contribution in [-0.2, 0) is 20.0 Å². The number of sulfonamides is 2. The zero-order valence-electron chi connectivity index (χ0n) is 8.33. The molecule has 1 aromatic rings. The van der Waals surface area contributed by atoms with Crippen LogP contribution in [0.4, 0.5) is 0 Å². The number of ether oxygens (including phenoxy) is 2. The number of hydrogen-bond donors (Lipinski definition) is 1. The molecule has 7 nitrogen and oxygen atoms in total. The summed E-state index contributed by atoms with van der Waals surface area (Å²) in [7, 11) is -8.04. The molecule has 17 heavy (non-hydrogen) atoms. The molecule has 9 heteroatoms. The third-order valence-corrected chi connectivity index (χ3v) is 6.13. The van der Waals surface area contributed by atoms with E-state index in [1.807, 2.05) is 0 Å². The molecule has 1 aromatic carbocycles. The Morgan fingerprint density at radius 1 is 0.882 bits per heavy atom. The van der Waals surface area contributed by atoms with Crippen molar-refractivity contribution in [2.75, 3.05) is 13.2 Å². The Labute approximate surface area is 97.4 Å². The van der Waals surface area contributed by atoms with Crippen LogP contribution in [0.5, 0.6) is 11.5 Å². The molecule has 1 N–H and O–H groups in total. The Bertz CT molecular complexity index is 645. The first kappa shape index (κ1) is 10.8. The average molecular weight is 277 g/mol. The van der Waals surface area contributed by atoms with E-state index in [4.69, 9.17) is 9.47 Å². The van der Waals surface area contributed by atoms with Gasteiger partial charge < -0.3 is 9.47 Å². The highest BCUT2D eigenvalue weighted by molar-refractivity contribution is 8.07. The maximum Gasteiger partial charge on any atom is 0.255 e. The maximum atomic E-state index is 11.6. The summed E-state index contributed by atoms with van der Waals surface area (Å²) in [5, 5.41) is 0. The van der Waals surface area contributed by atoms with Gasteiger partial charge in [-0.05, 0) is 0 Å². The van der Waals surface area contributed by atoms with Gasteiger partial charge in [0.15, 0.2) is 11.5 Å². The van der Waals surface area contributed by atoms with Gasteiger partial charge in [0, 0.05) is 12.1 Å². The average Bonchev–Trinajstić information content (AvgIpc) is 2.43. The van der Waals surface area contributed by atoms with Crippen LogP contribution in [0.25, 0.3) is 0 Å². The summed E-state index contributed by atoms with van der Waals surface area (Å²) in [6.45, 7) is 0.595. The SMILES string of the molecule is O=S1(=O)NS(=O)(=O)c2cc3c(cc21)OCCO3. The van der Waals surface area contributed by atoms with Crippen molar-refractivity contribution >= 4 is 20.0 Å². The van der Waals surface area contributed by atoms with E-state index in [1.165, 1.54) is 0 Å².